The highest BCUT2D eigenvalue weighted by atomic mass is 35.5. The monoisotopic (exact) mass is 433 g/mol. The van der Waals surface area contributed by atoms with Gasteiger partial charge in [0.2, 0.25) is 0 Å². The van der Waals surface area contributed by atoms with Crippen molar-refractivity contribution in [3.8, 4) is 11.5 Å². The molecule has 1 fully saturated rings. The molecule has 0 unspecified atom stereocenters. The van der Waals surface area contributed by atoms with Crippen LogP contribution in [0.3, 0.4) is 0 Å². The summed E-state index contributed by atoms with van der Waals surface area (Å²) in [5.41, 5.74) is 5.22. The number of hydrazine groups is 1. The number of rotatable bonds is 6. The Morgan fingerprint density at radius 1 is 1.03 bits per heavy atom. The first-order valence-electron chi connectivity index (χ1n) is 9.40. The van der Waals surface area contributed by atoms with Crippen molar-refractivity contribution in [2.75, 3.05) is 51.8 Å². The second-order valence-corrected chi connectivity index (χ2v) is 7.11. The molecular weight excluding hydrogens is 410 g/mol. The van der Waals surface area contributed by atoms with Crippen LogP contribution < -0.4 is 25.2 Å². The van der Waals surface area contributed by atoms with Crippen LogP contribution in [0.1, 0.15) is 10.4 Å². The summed E-state index contributed by atoms with van der Waals surface area (Å²) in [6.45, 7) is 3.11. The molecule has 30 heavy (non-hydrogen) atoms. The first-order chi connectivity index (χ1) is 14.5. The first kappa shape index (κ1) is 21.7. The molecule has 1 aliphatic heterocycles. The Labute approximate surface area is 179 Å². The van der Waals surface area contributed by atoms with Crippen molar-refractivity contribution >= 4 is 29.2 Å². The second kappa shape index (κ2) is 10.1. The Morgan fingerprint density at radius 3 is 2.40 bits per heavy atom. The van der Waals surface area contributed by atoms with E-state index in [1.807, 2.05) is 17.0 Å². The van der Waals surface area contributed by atoms with Crippen molar-refractivity contribution in [2.24, 2.45) is 0 Å². The van der Waals surface area contributed by atoms with Crippen LogP contribution in [0.15, 0.2) is 36.5 Å². The minimum Gasteiger partial charge on any atom is -0.493 e. The lowest BCUT2D eigenvalue weighted by Crippen LogP contribution is -2.52. The molecule has 9 nitrogen and oxygen atoms in total. The van der Waals surface area contributed by atoms with E-state index in [4.69, 9.17) is 21.1 Å². The maximum atomic E-state index is 12.3. The van der Waals surface area contributed by atoms with Gasteiger partial charge in [-0.2, -0.15) is 0 Å². The molecule has 10 heteroatoms. The van der Waals surface area contributed by atoms with Gasteiger partial charge in [-0.25, -0.2) is 4.98 Å². The van der Waals surface area contributed by atoms with Gasteiger partial charge in [0.1, 0.15) is 5.82 Å². The molecule has 0 bridgehead atoms. The zero-order valence-electron chi connectivity index (χ0n) is 16.9. The molecular formula is C20H24ClN5O4. The van der Waals surface area contributed by atoms with Gasteiger partial charge in [0.15, 0.2) is 11.5 Å². The number of nitrogens with zero attached hydrogens (tertiary/aromatic N) is 3. The number of methoxy groups -OCH3 is 2. The summed E-state index contributed by atoms with van der Waals surface area (Å²) in [5.74, 6) is 1.09. The van der Waals surface area contributed by atoms with Gasteiger partial charge in [-0.15, -0.1) is 0 Å². The summed E-state index contributed by atoms with van der Waals surface area (Å²) < 4.78 is 10.3. The van der Waals surface area contributed by atoms with Crippen molar-refractivity contribution in [3.63, 3.8) is 0 Å². The highest BCUT2D eigenvalue weighted by Gasteiger charge is 2.20. The third-order valence-electron chi connectivity index (χ3n) is 4.74. The number of halogens is 1. The Hall–Kier alpha value is -3.04. The van der Waals surface area contributed by atoms with E-state index in [9.17, 15) is 9.59 Å². The number of benzene rings is 1. The van der Waals surface area contributed by atoms with Crippen molar-refractivity contribution in [1.82, 2.24) is 20.7 Å². The summed E-state index contributed by atoms with van der Waals surface area (Å²) in [5, 5.41) is 0.601. The van der Waals surface area contributed by atoms with Gasteiger partial charge in [-0.3, -0.25) is 25.3 Å². The van der Waals surface area contributed by atoms with Gasteiger partial charge >= 0.3 is 0 Å². The Kier molecular flexibility index (Phi) is 7.31. The van der Waals surface area contributed by atoms with Crippen molar-refractivity contribution in [3.05, 3.63) is 47.1 Å². The Morgan fingerprint density at radius 2 is 1.77 bits per heavy atom. The molecule has 0 radical (unpaired) electrons. The topological polar surface area (TPSA) is 96.0 Å². The van der Waals surface area contributed by atoms with Crippen LogP contribution >= 0.6 is 11.6 Å². The van der Waals surface area contributed by atoms with Crippen LogP contribution in [0.25, 0.3) is 0 Å². The molecule has 2 heterocycles. The number of pyridine rings is 1. The van der Waals surface area contributed by atoms with E-state index in [-0.39, 0.29) is 12.5 Å². The molecule has 1 aliphatic rings. The fourth-order valence-corrected chi connectivity index (χ4v) is 3.22. The molecule has 0 saturated carbocycles. The number of carbonyl (C=O) groups is 2. The second-order valence-electron chi connectivity index (χ2n) is 6.67. The van der Waals surface area contributed by atoms with Crippen LogP contribution in [0.4, 0.5) is 5.82 Å². The van der Waals surface area contributed by atoms with Crippen LogP contribution in [-0.4, -0.2) is 68.6 Å². The van der Waals surface area contributed by atoms with E-state index in [1.54, 1.807) is 24.4 Å². The average molecular weight is 434 g/mol. The SMILES string of the molecule is COc1ccc(C(=O)NNC(=O)CN2CCN(c3ccc(Cl)cn3)CC2)cc1OC. The van der Waals surface area contributed by atoms with Gasteiger partial charge in [0, 0.05) is 37.9 Å². The van der Waals surface area contributed by atoms with Gasteiger partial charge in [0.05, 0.1) is 25.8 Å². The number of anilines is 1. The minimum absolute atomic E-state index is 0.189. The zero-order valence-corrected chi connectivity index (χ0v) is 17.6. The van der Waals surface area contributed by atoms with Crippen molar-refractivity contribution in [2.45, 2.75) is 0 Å². The molecule has 2 aromatic rings. The van der Waals surface area contributed by atoms with Crippen molar-refractivity contribution < 1.29 is 19.1 Å². The van der Waals surface area contributed by atoms with Gasteiger partial charge in [0.25, 0.3) is 11.8 Å². The van der Waals surface area contributed by atoms with Crippen LogP contribution in [-0.2, 0) is 4.79 Å². The van der Waals surface area contributed by atoms with E-state index < -0.39 is 5.91 Å². The van der Waals surface area contributed by atoms with Crippen molar-refractivity contribution in [1.29, 1.82) is 0 Å². The molecule has 0 atom stereocenters. The van der Waals surface area contributed by atoms with Gasteiger partial charge in [-0.1, -0.05) is 11.6 Å². The predicted molar refractivity (Wildman–Crippen MR) is 113 cm³/mol. The molecule has 1 aromatic carbocycles. The van der Waals surface area contributed by atoms with Gasteiger partial charge in [-0.05, 0) is 30.3 Å². The molecule has 1 saturated heterocycles. The fraction of sp³-hybridized carbons (Fsp3) is 0.350. The molecule has 160 valence electrons. The number of hydrogen-bond donors (Lipinski definition) is 2. The summed E-state index contributed by atoms with van der Waals surface area (Å²) in [7, 11) is 3.01. The van der Waals surface area contributed by atoms with E-state index in [1.165, 1.54) is 14.2 Å². The third-order valence-corrected chi connectivity index (χ3v) is 4.96. The highest BCUT2D eigenvalue weighted by molar-refractivity contribution is 6.30. The lowest BCUT2D eigenvalue weighted by atomic mass is 10.2. The number of carbonyl (C=O) groups excluding carboxylic acids is 2. The number of piperazine rings is 1. The maximum Gasteiger partial charge on any atom is 0.269 e. The molecule has 0 spiro atoms. The predicted octanol–water partition coefficient (Wildman–Crippen LogP) is 1.34. The summed E-state index contributed by atoms with van der Waals surface area (Å²) in [4.78, 5) is 33.0. The number of aromatic nitrogens is 1. The average Bonchev–Trinajstić information content (AvgIpc) is 2.78. The first-order valence-corrected chi connectivity index (χ1v) is 9.78. The van der Waals surface area contributed by atoms with Gasteiger partial charge < -0.3 is 14.4 Å². The van der Waals surface area contributed by atoms with E-state index in [2.05, 4.69) is 20.7 Å². The standard InChI is InChI=1S/C20H24ClN5O4/c1-29-16-5-3-14(11-17(16)30-2)20(28)24-23-19(27)13-25-7-9-26(10-8-25)18-6-4-15(21)12-22-18/h3-6,11-12H,7-10,13H2,1-2H3,(H,23,27)(H,24,28). The van der Waals surface area contributed by atoms with Crippen LogP contribution in [0, 0.1) is 0 Å². The maximum absolute atomic E-state index is 12.3. The van der Waals surface area contributed by atoms with E-state index in [0.29, 0.717) is 35.2 Å². The highest BCUT2D eigenvalue weighted by Crippen LogP contribution is 2.27. The lowest BCUT2D eigenvalue weighted by Gasteiger charge is -2.34. The molecule has 1 aromatic heterocycles. The fourth-order valence-electron chi connectivity index (χ4n) is 3.11. The number of amides is 2. The quantitative estimate of drug-likeness (QED) is 0.663. The smallest absolute Gasteiger partial charge is 0.269 e. The molecule has 2 N–H and O–H groups in total. The van der Waals surface area contributed by atoms with Crippen LogP contribution in [0.5, 0.6) is 11.5 Å². The summed E-state index contributed by atoms with van der Waals surface area (Å²) >= 11 is 5.88. The normalized spacial score (nSPS) is 14.2. The third kappa shape index (κ3) is 5.52. The van der Waals surface area contributed by atoms with E-state index in [0.717, 1.165) is 18.9 Å². The van der Waals surface area contributed by atoms with E-state index >= 15 is 0 Å². The molecule has 2 amide bonds. The summed E-state index contributed by atoms with van der Waals surface area (Å²) in [6.07, 6.45) is 1.62. The summed E-state index contributed by atoms with van der Waals surface area (Å²) in [6, 6.07) is 8.46. The Balaban J connectivity index is 1.44. The minimum atomic E-state index is -0.442. The largest absolute Gasteiger partial charge is 0.493 e. The molecule has 0 aliphatic carbocycles. The number of nitrogens with one attached hydrogen (secondary N) is 2. The van der Waals surface area contributed by atoms with Crippen LogP contribution in [0.2, 0.25) is 5.02 Å². The Bertz CT molecular complexity index is 885. The zero-order chi connectivity index (χ0) is 21.5. The number of hydrogen-bond acceptors (Lipinski definition) is 7. The number of ether oxygens (including phenoxy) is 2. The lowest BCUT2D eigenvalue weighted by molar-refractivity contribution is -0.123. The molecule has 3 rings (SSSR count).